The summed E-state index contributed by atoms with van der Waals surface area (Å²) in [5.41, 5.74) is 0.969. The maximum absolute atomic E-state index is 13.1. The van der Waals surface area contributed by atoms with E-state index in [0.29, 0.717) is 22.6 Å². The number of benzene rings is 2. The Labute approximate surface area is 156 Å². The predicted octanol–water partition coefficient (Wildman–Crippen LogP) is 4.80. The molecule has 4 rings (SSSR count). The van der Waals surface area contributed by atoms with E-state index in [-0.39, 0.29) is 11.1 Å². The average Bonchev–Trinajstić information content (AvgIpc) is 3.07. The smallest absolute Gasteiger partial charge is 0.416 e. The highest BCUT2D eigenvalue weighted by Gasteiger charge is 2.31. The molecule has 28 heavy (non-hydrogen) atoms. The second-order valence-electron chi connectivity index (χ2n) is 6.06. The number of hydrogen-bond donors (Lipinski definition) is 1. The molecule has 4 aromatic rings. The number of alkyl halides is 3. The maximum Gasteiger partial charge on any atom is 0.416 e. The number of fused-ring (bicyclic) bond motifs is 1. The maximum atomic E-state index is 13.1. The van der Waals surface area contributed by atoms with Gasteiger partial charge in [-0.05, 0) is 48.5 Å². The first-order valence-corrected chi connectivity index (χ1v) is 8.18. The average molecular weight is 383 g/mol. The number of halogens is 3. The molecule has 0 radical (unpaired) electrons. The standard InChI is InChI=1S/C20H12F3N3O2/c21-20(22,23)14-4-5-17-16(11-14)25-18(12-6-8-24-9-7-12)26(17)15-3-1-2-13(10-15)19(27)28/h1-11H,(H,27,28). The van der Waals surface area contributed by atoms with Gasteiger partial charge in [0.05, 0.1) is 22.2 Å². The van der Waals surface area contributed by atoms with Gasteiger partial charge in [0.2, 0.25) is 0 Å². The summed E-state index contributed by atoms with van der Waals surface area (Å²) in [5.74, 6) is -0.713. The van der Waals surface area contributed by atoms with Crippen molar-refractivity contribution < 1.29 is 23.1 Å². The lowest BCUT2D eigenvalue weighted by atomic mass is 10.1. The predicted molar refractivity (Wildman–Crippen MR) is 96.3 cm³/mol. The van der Waals surface area contributed by atoms with Crippen LogP contribution in [0.3, 0.4) is 0 Å². The molecule has 8 heteroatoms. The van der Waals surface area contributed by atoms with Gasteiger partial charge in [-0.2, -0.15) is 13.2 Å². The lowest BCUT2D eigenvalue weighted by Gasteiger charge is -2.11. The Kier molecular flexibility index (Phi) is 4.11. The van der Waals surface area contributed by atoms with Crippen LogP contribution in [0.5, 0.6) is 0 Å². The van der Waals surface area contributed by atoms with E-state index in [1.54, 1.807) is 41.2 Å². The van der Waals surface area contributed by atoms with Gasteiger partial charge in [0, 0.05) is 23.6 Å². The highest BCUT2D eigenvalue weighted by Crippen LogP contribution is 2.34. The van der Waals surface area contributed by atoms with Gasteiger partial charge in [0.15, 0.2) is 0 Å². The van der Waals surface area contributed by atoms with Crippen molar-refractivity contribution in [1.82, 2.24) is 14.5 Å². The number of carbonyl (C=O) groups is 1. The molecule has 0 aliphatic heterocycles. The Hall–Kier alpha value is -3.68. The Morgan fingerprint density at radius 3 is 2.43 bits per heavy atom. The minimum Gasteiger partial charge on any atom is -0.478 e. The molecule has 0 spiro atoms. The molecule has 0 aliphatic rings. The number of imidazole rings is 1. The molecule has 0 atom stereocenters. The summed E-state index contributed by atoms with van der Waals surface area (Å²) in [4.78, 5) is 19.7. The third-order valence-corrected chi connectivity index (χ3v) is 4.27. The van der Waals surface area contributed by atoms with Crippen LogP contribution in [0.25, 0.3) is 28.1 Å². The fourth-order valence-corrected chi connectivity index (χ4v) is 2.99. The van der Waals surface area contributed by atoms with E-state index >= 15 is 0 Å². The Balaban J connectivity index is 2.02. The summed E-state index contributed by atoms with van der Waals surface area (Å²) >= 11 is 0. The van der Waals surface area contributed by atoms with Crippen LogP contribution in [0.15, 0.2) is 67.0 Å². The van der Waals surface area contributed by atoms with E-state index < -0.39 is 17.7 Å². The number of aromatic carboxylic acids is 1. The largest absolute Gasteiger partial charge is 0.478 e. The van der Waals surface area contributed by atoms with Gasteiger partial charge in [-0.25, -0.2) is 9.78 Å². The van der Waals surface area contributed by atoms with Crippen LogP contribution in [-0.2, 0) is 6.18 Å². The molecular formula is C20H12F3N3O2. The summed E-state index contributed by atoms with van der Waals surface area (Å²) in [6.07, 6.45) is -1.39. The van der Waals surface area contributed by atoms with Gasteiger partial charge < -0.3 is 5.11 Å². The summed E-state index contributed by atoms with van der Waals surface area (Å²) in [5, 5.41) is 9.27. The fraction of sp³-hybridized carbons (Fsp3) is 0.0500. The zero-order valence-corrected chi connectivity index (χ0v) is 14.2. The van der Waals surface area contributed by atoms with Crippen molar-refractivity contribution in [1.29, 1.82) is 0 Å². The molecule has 5 nitrogen and oxygen atoms in total. The lowest BCUT2D eigenvalue weighted by molar-refractivity contribution is -0.137. The molecular weight excluding hydrogens is 371 g/mol. The van der Waals surface area contributed by atoms with Crippen molar-refractivity contribution in [3.63, 3.8) is 0 Å². The van der Waals surface area contributed by atoms with E-state index in [1.165, 1.54) is 18.2 Å². The Bertz CT molecular complexity index is 1180. The lowest BCUT2D eigenvalue weighted by Crippen LogP contribution is -2.04. The second kappa shape index (κ2) is 6.49. The number of nitrogens with zero attached hydrogens (tertiary/aromatic N) is 3. The molecule has 1 N–H and O–H groups in total. The highest BCUT2D eigenvalue weighted by molar-refractivity contribution is 5.89. The molecule has 0 aliphatic carbocycles. The van der Waals surface area contributed by atoms with Crippen LogP contribution in [0.2, 0.25) is 0 Å². The molecule has 2 aromatic heterocycles. The summed E-state index contributed by atoms with van der Waals surface area (Å²) in [6, 6.07) is 12.8. The zero-order chi connectivity index (χ0) is 19.9. The number of pyridine rings is 1. The van der Waals surface area contributed by atoms with Crippen molar-refractivity contribution in [3.8, 4) is 17.1 Å². The van der Waals surface area contributed by atoms with Gasteiger partial charge in [0.1, 0.15) is 5.82 Å². The third kappa shape index (κ3) is 3.09. The van der Waals surface area contributed by atoms with E-state index in [9.17, 15) is 23.1 Å². The van der Waals surface area contributed by atoms with Crippen molar-refractivity contribution in [2.45, 2.75) is 6.18 Å². The SMILES string of the molecule is O=C(O)c1cccc(-n2c(-c3ccncc3)nc3cc(C(F)(F)F)ccc32)c1. The Morgan fingerprint density at radius 2 is 1.75 bits per heavy atom. The fourth-order valence-electron chi connectivity index (χ4n) is 2.99. The van der Waals surface area contributed by atoms with Crippen LogP contribution < -0.4 is 0 Å². The number of rotatable bonds is 3. The van der Waals surface area contributed by atoms with Gasteiger partial charge in [-0.15, -0.1) is 0 Å². The highest BCUT2D eigenvalue weighted by atomic mass is 19.4. The quantitative estimate of drug-likeness (QED) is 0.552. The van der Waals surface area contributed by atoms with Crippen molar-refractivity contribution in [3.05, 3.63) is 78.1 Å². The van der Waals surface area contributed by atoms with E-state index in [0.717, 1.165) is 12.1 Å². The molecule has 0 unspecified atom stereocenters. The molecule has 0 saturated carbocycles. The van der Waals surface area contributed by atoms with Crippen molar-refractivity contribution in [2.24, 2.45) is 0 Å². The molecule has 2 heterocycles. The molecule has 140 valence electrons. The first-order valence-electron chi connectivity index (χ1n) is 8.18. The van der Waals surface area contributed by atoms with Crippen LogP contribution in [-0.4, -0.2) is 25.6 Å². The third-order valence-electron chi connectivity index (χ3n) is 4.27. The number of carboxylic acid groups (broad SMARTS) is 1. The van der Waals surface area contributed by atoms with E-state index in [1.807, 2.05) is 0 Å². The molecule has 0 bridgehead atoms. The summed E-state index contributed by atoms with van der Waals surface area (Å²) in [6.45, 7) is 0. The zero-order valence-electron chi connectivity index (χ0n) is 14.2. The van der Waals surface area contributed by atoms with Crippen LogP contribution in [0, 0.1) is 0 Å². The van der Waals surface area contributed by atoms with Crippen LogP contribution >= 0.6 is 0 Å². The van der Waals surface area contributed by atoms with Crippen molar-refractivity contribution in [2.75, 3.05) is 0 Å². The molecule has 0 amide bonds. The monoisotopic (exact) mass is 383 g/mol. The normalized spacial score (nSPS) is 11.7. The van der Waals surface area contributed by atoms with Crippen molar-refractivity contribution >= 4 is 17.0 Å². The Morgan fingerprint density at radius 1 is 1.00 bits per heavy atom. The number of hydrogen-bond acceptors (Lipinski definition) is 3. The van der Waals surface area contributed by atoms with E-state index in [4.69, 9.17) is 0 Å². The molecule has 2 aromatic carbocycles. The minimum absolute atomic E-state index is 0.0620. The first kappa shape index (κ1) is 17.7. The minimum atomic E-state index is -4.49. The second-order valence-corrected chi connectivity index (χ2v) is 6.06. The van der Waals surface area contributed by atoms with Crippen LogP contribution in [0.1, 0.15) is 15.9 Å². The molecule has 0 fully saturated rings. The van der Waals surface area contributed by atoms with Gasteiger partial charge in [-0.1, -0.05) is 6.07 Å². The van der Waals surface area contributed by atoms with Gasteiger partial charge >= 0.3 is 12.1 Å². The summed E-state index contributed by atoms with van der Waals surface area (Å²) < 4.78 is 40.9. The van der Waals surface area contributed by atoms with E-state index in [2.05, 4.69) is 9.97 Å². The number of aromatic nitrogens is 3. The topological polar surface area (TPSA) is 68.0 Å². The molecule has 0 saturated heterocycles. The summed E-state index contributed by atoms with van der Waals surface area (Å²) in [7, 11) is 0. The number of carboxylic acids is 1. The van der Waals surface area contributed by atoms with Crippen LogP contribution in [0.4, 0.5) is 13.2 Å². The van der Waals surface area contributed by atoms with Gasteiger partial charge in [0.25, 0.3) is 0 Å². The first-order chi connectivity index (χ1) is 13.3. The van der Waals surface area contributed by atoms with Gasteiger partial charge in [-0.3, -0.25) is 9.55 Å².